The van der Waals surface area contributed by atoms with Crippen LogP contribution in [0, 0.1) is 0 Å². The van der Waals surface area contributed by atoms with Crippen LogP contribution < -0.4 is 5.32 Å². The van der Waals surface area contributed by atoms with Gasteiger partial charge in [-0.05, 0) is 43.0 Å². The average Bonchev–Trinajstić information content (AvgIpc) is 3.00. The fourth-order valence-electron chi connectivity index (χ4n) is 2.98. The van der Waals surface area contributed by atoms with Crippen molar-refractivity contribution in [3.8, 4) is 0 Å². The number of halogens is 1. The molecular weight excluding hydrogens is 258 g/mol. The summed E-state index contributed by atoms with van der Waals surface area (Å²) in [5.41, 5.74) is 5.25. The summed E-state index contributed by atoms with van der Waals surface area (Å²) in [5.74, 6) is 0. The molecule has 0 bridgehead atoms. The van der Waals surface area contributed by atoms with Gasteiger partial charge in [-0.15, -0.1) is 0 Å². The third kappa shape index (κ3) is 2.17. The van der Waals surface area contributed by atoms with E-state index in [1.165, 1.54) is 36.0 Å². The molecular formula is C15H18ClN3. The smallest absolute Gasteiger partial charge is 0.0837 e. The highest BCUT2D eigenvalue weighted by molar-refractivity contribution is 6.31. The molecule has 0 saturated heterocycles. The molecule has 0 aliphatic heterocycles. The number of aryl methyl sites for hydroxylation is 3. The molecule has 1 aliphatic rings. The van der Waals surface area contributed by atoms with E-state index in [0.717, 1.165) is 5.69 Å². The zero-order valence-electron chi connectivity index (χ0n) is 11.3. The van der Waals surface area contributed by atoms with Gasteiger partial charge in [0.1, 0.15) is 0 Å². The Kier molecular flexibility index (Phi) is 3.33. The van der Waals surface area contributed by atoms with E-state index in [1.54, 1.807) is 6.20 Å². The topological polar surface area (TPSA) is 29.9 Å². The maximum Gasteiger partial charge on any atom is 0.0837 e. The molecule has 1 aromatic heterocycles. The lowest BCUT2D eigenvalue weighted by Crippen LogP contribution is -2.21. The molecule has 3 nitrogen and oxygen atoms in total. The summed E-state index contributed by atoms with van der Waals surface area (Å²) in [6.07, 6.45) is 5.38. The van der Waals surface area contributed by atoms with Crippen LogP contribution in [0.2, 0.25) is 5.02 Å². The number of rotatable bonds is 3. The van der Waals surface area contributed by atoms with Crippen molar-refractivity contribution in [2.75, 3.05) is 7.05 Å². The van der Waals surface area contributed by atoms with Gasteiger partial charge in [0.2, 0.25) is 0 Å². The van der Waals surface area contributed by atoms with Crippen molar-refractivity contribution in [2.24, 2.45) is 7.05 Å². The molecule has 1 aromatic carbocycles. The Labute approximate surface area is 118 Å². The first kappa shape index (κ1) is 12.7. The second-order valence-electron chi connectivity index (χ2n) is 5.10. The van der Waals surface area contributed by atoms with Crippen LogP contribution in [0.3, 0.4) is 0 Å². The lowest BCUT2D eigenvalue weighted by molar-refractivity contribution is 0.606. The van der Waals surface area contributed by atoms with E-state index in [2.05, 4.69) is 28.6 Å². The normalized spacial score (nSPS) is 15.5. The van der Waals surface area contributed by atoms with Gasteiger partial charge in [-0.2, -0.15) is 5.10 Å². The van der Waals surface area contributed by atoms with E-state index in [4.69, 9.17) is 11.6 Å². The van der Waals surface area contributed by atoms with E-state index < -0.39 is 0 Å². The van der Waals surface area contributed by atoms with Crippen LogP contribution in [0.4, 0.5) is 0 Å². The zero-order valence-corrected chi connectivity index (χ0v) is 12.0. The van der Waals surface area contributed by atoms with Crippen molar-refractivity contribution >= 4 is 11.6 Å². The number of hydrogen-bond acceptors (Lipinski definition) is 2. The van der Waals surface area contributed by atoms with Crippen molar-refractivity contribution in [2.45, 2.75) is 25.3 Å². The highest BCUT2D eigenvalue weighted by Gasteiger charge is 2.21. The third-order valence-corrected chi connectivity index (χ3v) is 4.25. The Morgan fingerprint density at radius 3 is 2.79 bits per heavy atom. The van der Waals surface area contributed by atoms with Gasteiger partial charge in [0.15, 0.2) is 0 Å². The molecule has 1 aliphatic carbocycles. The van der Waals surface area contributed by atoms with Gasteiger partial charge in [-0.25, -0.2) is 0 Å². The first-order valence-electron chi connectivity index (χ1n) is 6.67. The van der Waals surface area contributed by atoms with Crippen LogP contribution in [-0.2, 0) is 19.9 Å². The lowest BCUT2D eigenvalue weighted by Gasteiger charge is -2.18. The summed E-state index contributed by atoms with van der Waals surface area (Å²) in [6, 6.07) is 6.86. The summed E-state index contributed by atoms with van der Waals surface area (Å²) in [5, 5.41) is 8.29. The molecule has 0 radical (unpaired) electrons. The van der Waals surface area contributed by atoms with E-state index in [9.17, 15) is 0 Å². The molecule has 0 saturated carbocycles. The Morgan fingerprint density at radius 1 is 1.32 bits per heavy atom. The van der Waals surface area contributed by atoms with Gasteiger partial charge in [0, 0.05) is 7.05 Å². The quantitative estimate of drug-likeness (QED) is 0.933. The first-order valence-corrected chi connectivity index (χ1v) is 7.05. The molecule has 19 heavy (non-hydrogen) atoms. The predicted molar refractivity (Wildman–Crippen MR) is 77.6 cm³/mol. The van der Waals surface area contributed by atoms with Gasteiger partial charge in [-0.1, -0.05) is 29.8 Å². The first-order chi connectivity index (χ1) is 9.20. The molecule has 100 valence electrons. The largest absolute Gasteiger partial charge is 0.308 e. The molecule has 4 heteroatoms. The van der Waals surface area contributed by atoms with Gasteiger partial charge in [0.25, 0.3) is 0 Å². The fourth-order valence-corrected chi connectivity index (χ4v) is 3.25. The fraction of sp³-hybridized carbons (Fsp3) is 0.400. The Balaban J connectivity index is 2.03. The van der Waals surface area contributed by atoms with Gasteiger partial charge in [-0.3, -0.25) is 4.68 Å². The highest BCUT2D eigenvalue weighted by atomic mass is 35.5. The zero-order chi connectivity index (χ0) is 13.4. The number of nitrogens with zero attached hydrogens (tertiary/aromatic N) is 2. The number of nitrogens with one attached hydrogen (secondary N) is 1. The van der Waals surface area contributed by atoms with Gasteiger partial charge in [0.05, 0.1) is 23.0 Å². The molecule has 0 amide bonds. The van der Waals surface area contributed by atoms with Crippen molar-refractivity contribution in [1.29, 1.82) is 0 Å². The van der Waals surface area contributed by atoms with Crippen LogP contribution in [0.25, 0.3) is 0 Å². The monoisotopic (exact) mass is 275 g/mol. The summed E-state index contributed by atoms with van der Waals surface area (Å²) in [7, 11) is 3.89. The molecule has 0 fully saturated rings. The number of fused-ring (bicyclic) bond motifs is 1. The molecule has 2 aromatic rings. The maximum absolute atomic E-state index is 6.26. The van der Waals surface area contributed by atoms with Gasteiger partial charge < -0.3 is 5.32 Å². The van der Waals surface area contributed by atoms with Crippen LogP contribution >= 0.6 is 11.6 Å². The van der Waals surface area contributed by atoms with E-state index in [1.807, 2.05) is 18.8 Å². The summed E-state index contributed by atoms with van der Waals surface area (Å²) in [6.45, 7) is 0. The molecule has 0 spiro atoms. The van der Waals surface area contributed by atoms with E-state index in [-0.39, 0.29) is 6.04 Å². The summed E-state index contributed by atoms with van der Waals surface area (Å²) >= 11 is 6.26. The van der Waals surface area contributed by atoms with Crippen molar-refractivity contribution in [1.82, 2.24) is 15.1 Å². The third-order valence-electron chi connectivity index (χ3n) is 3.96. The van der Waals surface area contributed by atoms with Crippen molar-refractivity contribution < 1.29 is 0 Å². The standard InChI is InChI=1S/C15H18ClN3/c1-17-14(15-13(16)9-18-19(15)2)12-7-6-10-4-3-5-11(10)8-12/h6-9,14,17H,3-5H2,1-2H3. The van der Waals surface area contributed by atoms with Crippen LogP contribution in [0.5, 0.6) is 0 Å². The van der Waals surface area contributed by atoms with Gasteiger partial charge >= 0.3 is 0 Å². The Bertz CT molecular complexity index is 584. The van der Waals surface area contributed by atoms with E-state index in [0.29, 0.717) is 5.02 Å². The minimum absolute atomic E-state index is 0.0888. The highest BCUT2D eigenvalue weighted by Crippen LogP contribution is 2.31. The SMILES string of the molecule is CNC(c1ccc2c(c1)CCC2)c1c(Cl)cnn1C. The minimum Gasteiger partial charge on any atom is -0.308 e. The minimum atomic E-state index is 0.0888. The average molecular weight is 276 g/mol. The molecule has 3 rings (SSSR count). The van der Waals surface area contributed by atoms with Crippen LogP contribution in [0.15, 0.2) is 24.4 Å². The van der Waals surface area contributed by atoms with Crippen LogP contribution in [-0.4, -0.2) is 16.8 Å². The van der Waals surface area contributed by atoms with E-state index >= 15 is 0 Å². The lowest BCUT2D eigenvalue weighted by atomic mass is 9.99. The number of benzene rings is 1. The molecule has 1 heterocycles. The Hall–Kier alpha value is -1.32. The second-order valence-corrected chi connectivity index (χ2v) is 5.51. The van der Waals surface area contributed by atoms with Crippen molar-refractivity contribution in [3.05, 3.63) is 51.8 Å². The summed E-state index contributed by atoms with van der Waals surface area (Å²) in [4.78, 5) is 0. The molecule has 1 unspecified atom stereocenters. The van der Waals surface area contributed by atoms with Crippen LogP contribution in [0.1, 0.15) is 34.8 Å². The summed E-state index contributed by atoms with van der Waals surface area (Å²) < 4.78 is 1.84. The predicted octanol–water partition coefficient (Wildman–Crippen LogP) is 2.87. The second kappa shape index (κ2) is 4.99. The number of hydrogen-bond donors (Lipinski definition) is 1. The molecule has 1 atom stereocenters. The Morgan fingerprint density at radius 2 is 2.11 bits per heavy atom. The van der Waals surface area contributed by atoms with Crippen molar-refractivity contribution in [3.63, 3.8) is 0 Å². The maximum atomic E-state index is 6.26. The number of aromatic nitrogens is 2. The molecule has 1 N–H and O–H groups in total.